The zero-order valence-corrected chi connectivity index (χ0v) is 17.4. The van der Waals surface area contributed by atoms with E-state index < -0.39 is 10.0 Å². The molecule has 0 unspecified atom stereocenters. The number of aromatic nitrogens is 2. The van der Waals surface area contributed by atoms with Crippen molar-refractivity contribution in [2.75, 3.05) is 13.6 Å². The van der Waals surface area contributed by atoms with Crippen LogP contribution in [0.2, 0.25) is 0 Å². The molecule has 1 aliphatic heterocycles. The maximum atomic E-state index is 12.5. The Bertz CT molecular complexity index is 1240. The van der Waals surface area contributed by atoms with E-state index in [0.29, 0.717) is 24.4 Å². The Morgan fingerprint density at radius 3 is 2.83 bits per heavy atom. The van der Waals surface area contributed by atoms with Crippen LogP contribution in [-0.4, -0.2) is 43.2 Å². The molecule has 3 rings (SSSR count). The number of nitrogens with one attached hydrogen (secondary N) is 1. The number of benzene rings is 1. The van der Waals surface area contributed by atoms with Gasteiger partial charge in [0.1, 0.15) is 0 Å². The second-order valence-corrected chi connectivity index (χ2v) is 8.33. The molecule has 10 heteroatoms. The lowest BCUT2D eigenvalue weighted by atomic mass is 10.2. The smallest absolute Gasteiger partial charge is 0.240 e. The molecule has 1 aromatic heterocycles. The zero-order chi connectivity index (χ0) is 21.7. The highest BCUT2D eigenvalue weighted by molar-refractivity contribution is 7.89. The van der Waals surface area contributed by atoms with Gasteiger partial charge in [-0.1, -0.05) is 6.07 Å². The van der Waals surface area contributed by atoms with Crippen molar-refractivity contribution in [2.45, 2.75) is 18.2 Å². The fourth-order valence-corrected chi connectivity index (χ4v) is 3.62. The van der Waals surface area contributed by atoms with Gasteiger partial charge in [0.2, 0.25) is 15.5 Å². The van der Waals surface area contributed by atoms with Gasteiger partial charge in [0, 0.05) is 36.6 Å². The number of dihydropyridines is 1. The average Bonchev–Trinajstić information content (AvgIpc) is 2.74. The fraction of sp³-hybridized carbons (Fsp3) is 0.200. The molecule has 156 valence electrons. The van der Waals surface area contributed by atoms with E-state index in [4.69, 9.17) is 5.73 Å². The lowest BCUT2D eigenvalue weighted by Gasteiger charge is -2.11. The summed E-state index contributed by atoms with van der Waals surface area (Å²) in [6, 6.07) is 7.58. The Morgan fingerprint density at radius 1 is 1.33 bits per heavy atom. The van der Waals surface area contributed by atoms with Crippen molar-refractivity contribution in [1.29, 1.82) is 0 Å². The van der Waals surface area contributed by atoms with E-state index in [1.165, 1.54) is 48.4 Å². The van der Waals surface area contributed by atoms with Gasteiger partial charge in [-0.15, -0.1) is 0 Å². The van der Waals surface area contributed by atoms with Crippen LogP contribution >= 0.6 is 0 Å². The van der Waals surface area contributed by atoms with Crippen LogP contribution in [-0.2, 0) is 10.0 Å². The molecular formula is C20H22N6O3S. The molecule has 0 amide bonds. The standard InChI is InChI=1S/C20H22N6O3S/c1-14-12-15(7-10-23-14)24-18(6-9-21)20-19(27)8-11-26(25-20)16-4-3-5-17(13-16)30(28,29)22-2/h3-6,8-9,11-13,22H,7,10,21H2,1-2H3. The highest BCUT2D eigenvalue weighted by Gasteiger charge is 2.14. The van der Waals surface area contributed by atoms with Crippen molar-refractivity contribution in [2.24, 2.45) is 15.7 Å². The van der Waals surface area contributed by atoms with E-state index in [-0.39, 0.29) is 16.0 Å². The molecule has 1 aromatic carbocycles. The number of hydrogen-bond donors (Lipinski definition) is 2. The van der Waals surface area contributed by atoms with Gasteiger partial charge in [-0.25, -0.2) is 17.8 Å². The Morgan fingerprint density at radius 2 is 2.13 bits per heavy atom. The van der Waals surface area contributed by atoms with E-state index in [9.17, 15) is 13.2 Å². The van der Waals surface area contributed by atoms with Gasteiger partial charge in [-0.2, -0.15) is 5.10 Å². The first kappa shape index (κ1) is 21.3. The second kappa shape index (κ2) is 8.97. The van der Waals surface area contributed by atoms with E-state index in [1.807, 2.05) is 13.0 Å². The summed E-state index contributed by atoms with van der Waals surface area (Å²) in [6.45, 7) is 2.51. The molecule has 2 aromatic rings. The highest BCUT2D eigenvalue weighted by atomic mass is 32.2. The molecule has 0 bridgehead atoms. The molecule has 0 saturated heterocycles. The van der Waals surface area contributed by atoms with Gasteiger partial charge in [0.25, 0.3) is 0 Å². The lowest BCUT2D eigenvalue weighted by molar-refractivity contribution is 0.588. The monoisotopic (exact) mass is 426 g/mol. The van der Waals surface area contributed by atoms with Crippen LogP contribution in [0.25, 0.3) is 5.69 Å². The predicted octanol–water partition coefficient (Wildman–Crippen LogP) is 1.15. The van der Waals surface area contributed by atoms with Gasteiger partial charge in [0.15, 0.2) is 5.69 Å². The number of hydrogen-bond acceptors (Lipinski definition) is 7. The Kier molecular flexibility index (Phi) is 6.38. The molecule has 2 heterocycles. The van der Waals surface area contributed by atoms with Gasteiger partial charge in [-0.05, 0) is 50.5 Å². The number of rotatable bonds is 6. The highest BCUT2D eigenvalue weighted by Crippen LogP contribution is 2.15. The zero-order valence-electron chi connectivity index (χ0n) is 16.6. The van der Waals surface area contributed by atoms with Crippen molar-refractivity contribution >= 4 is 21.4 Å². The Labute approximate surface area is 174 Å². The van der Waals surface area contributed by atoms with E-state index in [0.717, 1.165) is 11.4 Å². The number of sulfonamides is 1. The lowest BCUT2D eigenvalue weighted by Crippen LogP contribution is -2.21. The summed E-state index contributed by atoms with van der Waals surface area (Å²) in [4.78, 5) is 21.5. The molecular weight excluding hydrogens is 404 g/mol. The Balaban J connectivity index is 2.10. The maximum Gasteiger partial charge on any atom is 0.240 e. The minimum atomic E-state index is -3.62. The first-order valence-corrected chi connectivity index (χ1v) is 10.7. The molecule has 0 saturated carbocycles. The van der Waals surface area contributed by atoms with Crippen LogP contribution in [0.3, 0.4) is 0 Å². The molecule has 30 heavy (non-hydrogen) atoms. The SMILES string of the molecule is CNS(=O)(=O)c1cccc(-n2ccc(=O)c(C(C=CN)=NC3=CC(C)=NCC3)n2)c1. The van der Waals surface area contributed by atoms with Crippen molar-refractivity contribution < 1.29 is 8.42 Å². The number of nitrogens with zero attached hydrogens (tertiary/aromatic N) is 4. The van der Waals surface area contributed by atoms with Gasteiger partial charge in [0.05, 0.1) is 16.3 Å². The number of allylic oxidation sites excluding steroid dienone is 2. The van der Waals surface area contributed by atoms with Crippen molar-refractivity contribution in [3.05, 3.63) is 76.5 Å². The molecule has 0 aliphatic carbocycles. The van der Waals surface area contributed by atoms with Crippen molar-refractivity contribution in [3.63, 3.8) is 0 Å². The van der Waals surface area contributed by atoms with Crippen LogP contribution < -0.4 is 15.9 Å². The van der Waals surface area contributed by atoms with Gasteiger partial charge in [-0.3, -0.25) is 14.8 Å². The van der Waals surface area contributed by atoms with Gasteiger partial charge >= 0.3 is 0 Å². The quantitative estimate of drug-likeness (QED) is 0.669. The molecule has 1 aliphatic rings. The van der Waals surface area contributed by atoms with Crippen LogP contribution in [0.5, 0.6) is 0 Å². The first-order valence-electron chi connectivity index (χ1n) is 9.17. The number of aliphatic imine (C=N–C) groups is 2. The van der Waals surface area contributed by atoms with E-state index in [1.54, 1.807) is 12.1 Å². The van der Waals surface area contributed by atoms with Crippen molar-refractivity contribution in [3.8, 4) is 5.69 Å². The third-order valence-corrected chi connectivity index (χ3v) is 5.75. The summed E-state index contributed by atoms with van der Waals surface area (Å²) >= 11 is 0. The number of nitrogens with two attached hydrogens (primary N) is 1. The fourth-order valence-electron chi connectivity index (χ4n) is 2.85. The summed E-state index contributed by atoms with van der Waals surface area (Å²) in [5.41, 5.74) is 7.76. The second-order valence-electron chi connectivity index (χ2n) is 6.44. The predicted molar refractivity (Wildman–Crippen MR) is 117 cm³/mol. The van der Waals surface area contributed by atoms with Crippen LogP contribution in [0, 0.1) is 0 Å². The maximum absolute atomic E-state index is 12.5. The Hall–Kier alpha value is -3.37. The molecule has 0 radical (unpaired) electrons. The summed E-state index contributed by atoms with van der Waals surface area (Å²) in [6.07, 6.45) is 6.77. The molecule has 0 atom stereocenters. The normalized spacial score (nSPS) is 15.2. The summed E-state index contributed by atoms with van der Waals surface area (Å²) < 4.78 is 27.9. The summed E-state index contributed by atoms with van der Waals surface area (Å²) in [5, 5.41) is 4.39. The largest absolute Gasteiger partial charge is 0.405 e. The van der Waals surface area contributed by atoms with Crippen LogP contribution in [0.1, 0.15) is 19.0 Å². The first-order chi connectivity index (χ1) is 14.3. The summed E-state index contributed by atoms with van der Waals surface area (Å²) in [7, 11) is -2.28. The summed E-state index contributed by atoms with van der Waals surface area (Å²) in [5.74, 6) is 0. The molecule has 0 fully saturated rings. The minimum Gasteiger partial charge on any atom is -0.405 e. The van der Waals surface area contributed by atoms with Crippen LogP contribution in [0.4, 0.5) is 0 Å². The van der Waals surface area contributed by atoms with Gasteiger partial charge < -0.3 is 5.73 Å². The third kappa shape index (κ3) is 4.78. The third-order valence-electron chi connectivity index (χ3n) is 4.33. The van der Waals surface area contributed by atoms with E-state index in [2.05, 4.69) is 19.8 Å². The minimum absolute atomic E-state index is 0.0856. The average molecular weight is 427 g/mol. The molecule has 3 N–H and O–H groups in total. The topological polar surface area (TPSA) is 132 Å². The molecule has 9 nitrogen and oxygen atoms in total. The van der Waals surface area contributed by atoms with Crippen LogP contribution in [0.15, 0.2) is 80.3 Å². The van der Waals surface area contributed by atoms with E-state index >= 15 is 0 Å². The molecule has 0 spiro atoms. The van der Waals surface area contributed by atoms with Crippen molar-refractivity contribution in [1.82, 2.24) is 14.5 Å².